The normalized spacial score (nSPS) is 24.8. The third kappa shape index (κ3) is 3.36. The fourth-order valence-electron chi connectivity index (χ4n) is 3.63. The number of nitrogens with one attached hydrogen (secondary N) is 3. The summed E-state index contributed by atoms with van der Waals surface area (Å²) in [7, 11) is 0. The third-order valence-electron chi connectivity index (χ3n) is 5.36. The van der Waals surface area contributed by atoms with Crippen LogP contribution in [0.1, 0.15) is 18.4 Å². The molecular formula is C18H21ClN6. The van der Waals surface area contributed by atoms with Crippen molar-refractivity contribution < 1.29 is 0 Å². The maximum absolute atomic E-state index is 8.93. The highest BCUT2D eigenvalue weighted by Crippen LogP contribution is 2.36. The summed E-state index contributed by atoms with van der Waals surface area (Å²) >= 11 is 6.25. The van der Waals surface area contributed by atoms with Crippen LogP contribution in [0.25, 0.3) is 0 Å². The van der Waals surface area contributed by atoms with E-state index < -0.39 is 0 Å². The van der Waals surface area contributed by atoms with Gasteiger partial charge in [-0.15, -0.1) is 0 Å². The SMILES string of the molecule is N#Cc1ccc(NC2=CC(N3CCC4(CC3)CNC4)N=CN2)c(Cl)c1. The van der Waals surface area contributed by atoms with Crippen molar-refractivity contribution in [2.45, 2.75) is 19.0 Å². The van der Waals surface area contributed by atoms with E-state index in [-0.39, 0.29) is 6.17 Å². The molecule has 4 rings (SSSR count). The Hall–Kier alpha value is -2.07. The molecule has 3 aliphatic rings. The molecule has 25 heavy (non-hydrogen) atoms. The quantitative estimate of drug-likeness (QED) is 0.773. The minimum Gasteiger partial charge on any atom is -0.341 e. The molecule has 0 bridgehead atoms. The third-order valence-corrected chi connectivity index (χ3v) is 5.68. The molecule has 1 atom stereocenters. The van der Waals surface area contributed by atoms with Crippen molar-refractivity contribution in [2.75, 3.05) is 31.5 Å². The van der Waals surface area contributed by atoms with E-state index in [0.717, 1.165) is 37.7 Å². The summed E-state index contributed by atoms with van der Waals surface area (Å²) in [4.78, 5) is 6.99. The first-order chi connectivity index (χ1) is 12.2. The van der Waals surface area contributed by atoms with Crippen molar-refractivity contribution in [1.29, 1.82) is 5.26 Å². The van der Waals surface area contributed by atoms with Gasteiger partial charge >= 0.3 is 0 Å². The fraction of sp³-hybridized carbons (Fsp3) is 0.444. The first-order valence-corrected chi connectivity index (χ1v) is 8.97. The Morgan fingerprint density at radius 3 is 2.76 bits per heavy atom. The van der Waals surface area contributed by atoms with E-state index in [9.17, 15) is 0 Å². The molecule has 1 aromatic carbocycles. The molecule has 1 aromatic rings. The molecule has 0 radical (unpaired) electrons. The van der Waals surface area contributed by atoms with E-state index >= 15 is 0 Å². The van der Waals surface area contributed by atoms with E-state index in [4.69, 9.17) is 16.9 Å². The van der Waals surface area contributed by atoms with Crippen molar-refractivity contribution in [2.24, 2.45) is 10.4 Å². The summed E-state index contributed by atoms with van der Waals surface area (Å²) in [5, 5.41) is 19.3. The summed E-state index contributed by atoms with van der Waals surface area (Å²) in [6, 6.07) is 7.32. The van der Waals surface area contributed by atoms with E-state index in [1.807, 2.05) is 6.07 Å². The van der Waals surface area contributed by atoms with Crippen LogP contribution in [0, 0.1) is 16.7 Å². The lowest BCUT2D eigenvalue weighted by atomic mass is 9.73. The van der Waals surface area contributed by atoms with E-state index in [1.54, 1.807) is 18.5 Å². The minimum absolute atomic E-state index is 0.0475. The molecule has 7 heteroatoms. The van der Waals surface area contributed by atoms with Crippen molar-refractivity contribution in [3.8, 4) is 6.07 Å². The lowest BCUT2D eigenvalue weighted by molar-refractivity contribution is 0.0448. The van der Waals surface area contributed by atoms with Crippen LogP contribution in [0.3, 0.4) is 0 Å². The van der Waals surface area contributed by atoms with Crippen LogP contribution in [-0.2, 0) is 0 Å². The predicted molar refractivity (Wildman–Crippen MR) is 99.4 cm³/mol. The Labute approximate surface area is 152 Å². The molecule has 0 aromatic heterocycles. The van der Waals surface area contributed by atoms with Crippen LogP contribution in [-0.4, -0.2) is 43.6 Å². The predicted octanol–water partition coefficient (Wildman–Crippen LogP) is 2.11. The van der Waals surface area contributed by atoms with Gasteiger partial charge in [-0.25, -0.2) is 0 Å². The van der Waals surface area contributed by atoms with Crippen LogP contribution in [0.2, 0.25) is 5.02 Å². The average Bonchev–Trinajstić information content (AvgIpc) is 2.62. The highest BCUT2D eigenvalue weighted by atomic mass is 35.5. The van der Waals surface area contributed by atoms with Crippen LogP contribution >= 0.6 is 11.6 Å². The topological polar surface area (TPSA) is 75.5 Å². The molecule has 2 saturated heterocycles. The lowest BCUT2D eigenvalue weighted by Gasteiger charge is -2.49. The number of piperidine rings is 1. The molecule has 0 saturated carbocycles. The van der Waals surface area contributed by atoms with Gasteiger partial charge in [-0.2, -0.15) is 5.26 Å². The second-order valence-corrected chi connectivity index (χ2v) is 7.39. The van der Waals surface area contributed by atoms with E-state index in [1.165, 1.54) is 12.8 Å². The first kappa shape index (κ1) is 16.4. The summed E-state index contributed by atoms with van der Waals surface area (Å²) in [5.74, 6) is 0.859. The van der Waals surface area contributed by atoms with Crippen molar-refractivity contribution in [3.63, 3.8) is 0 Å². The second-order valence-electron chi connectivity index (χ2n) is 6.99. The number of rotatable bonds is 3. The zero-order valence-electron chi connectivity index (χ0n) is 13.9. The van der Waals surface area contributed by atoms with Crippen molar-refractivity contribution in [1.82, 2.24) is 15.5 Å². The second kappa shape index (κ2) is 6.68. The number of aliphatic imine (C=N–C) groups is 1. The van der Waals surface area contributed by atoms with Crippen molar-refractivity contribution in [3.05, 3.63) is 40.7 Å². The van der Waals surface area contributed by atoms with Gasteiger partial charge in [0.2, 0.25) is 0 Å². The molecule has 2 fully saturated rings. The summed E-state index contributed by atoms with van der Waals surface area (Å²) < 4.78 is 0. The van der Waals surface area contributed by atoms with Gasteiger partial charge in [0.15, 0.2) is 0 Å². The first-order valence-electron chi connectivity index (χ1n) is 8.59. The number of nitriles is 1. The summed E-state index contributed by atoms with van der Waals surface area (Å²) in [5.41, 5.74) is 1.86. The van der Waals surface area contributed by atoms with Gasteiger partial charge < -0.3 is 16.0 Å². The standard InChI is InChI=1S/C18H21ClN6/c19-14-7-13(9-20)1-2-15(14)24-16-8-17(23-12-22-16)25-5-3-18(4-6-25)10-21-11-18/h1-2,7-8,12,17,21,24H,3-6,10-11H2,(H,22,23). The fourth-order valence-corrected chi connectivity index (χ4v) is 3.85. The van der Waals surface area contributed by atoms with Gasteiger partial charge in [-0.1, -0.05) is 11.6 Å². The zero-order chi connectivity index (χ0) is 17.3. The van der Waals surface area contributed by atoms with E-state index in [2.05, 4.69) is 38.0 Å². The van der Waals surface area contributed by atoms with Gasteiger partial charge in [0, 0.05) is 26.2 Å². The highest BCUT2D eigenvalue weighted by Gasteiger charge is 2.40. The molecule has 0 amide bonds. The number of likely N-dealkylation sites (tertiary alicyclic amines) is 1. The summed E-state index contributed by atoms with van der Waals surface area (Å²) in [6.45, 7) is 4.47. The van der Waals surface area contributed by atoms with Crippen molar-refractivity contribution >= 4 is 23.6 Å². The Morgan fingerprint density at radius 2 is 2.12 bits per heavy atom. The molecule has 1 spiro atoms. The van der Waals surface area contributed by atoms with Gasteiger partial charge in [-0.3, -0.25) is 9.89 Å². The molecule has 3 aliphatic heterocycles. The lowest BCUT2D eigenvalue weighted by Crippen LogP contribution is -2.59. The van der Waals surface area contributed by atoms with Crippen LogP contribution < -0.4 is 16.0 Å². The Bertz CT molecular complexity index is 751. The number of benzene rings is 1. The maximum Gasteiger partial charge on any atom is 0.126 e. The molecule has 130 valence electrons. The molecular weight excluding hydrogens is 336 g/mol. The van der Waals surface area contributed by atoms with E-state index in [0.29, 0.717) is 16.0 Å². The Kier molecular flexibility index (Phi) is 4.38. The number of nitrogens with zero attached hydrogens (tertiary/aromatic N) is 3. The molecule has 3 N–H and O–H groups in total. The number of hydrogen-bond acceptors (Lipinski definition) is 6. The number of halogens is 1. The monoisotopic (exact) mass is 356 g/mol. The van der Waals surface area contributed by atoms with Gasteiger partial charge in [0.1, 0.15) is 12.0 Å². The number of anilines is 1. The molecule has 6 nitrogen and oxygen atoms in total. The van der Waals surface area contributed by atoms with Crippen LogP contribution in [0.4, 0.5) is 5.69 Å². The number of hydrogen-bond donors (Lipinski definition) is 3. The van der Waals surface area contributed by atoms with Gasteiger partial charge in [-0.05, 0) is 42.5 Å². The van der Waals surface area contributed by atoms with Crippen LogP contribution in [0.5, 0.6) is 0 Å². The highest BCUT2D eigenvalue weighted by molar-refractivity contribution is 6.33. The molecule has 1 unspecified atom stereocenters. The van der Waals surface area contributed by atoms with Crippen LogP contribution in [0.15, 0.2) is 35.1 Å². The van der Waals surface area contributed by atoms with Gasteiger partial charge in [0.25, 0.3) is 0 Å². The smallest absolute Gasteiger partial charge is 0.126 e. The average molecular weight is 357 g/mol. The van der Waals surface area contributed by atoms with Gasteiger partial charge in [0.05, 0.1) is 28.7 Å². The molecule has 0 aliphatic carbocycles. The zero-order valence-corrected chi connectivity index (χ0v) is 14.7. The Morgan fingerprint density at radius 1 is 1.32 bits per heavy atom. The largest absolute Gasteiger partial charge is 0.341 e. The maximum atomic E-state index is 8.93. The summed E-state index contributed by atoms with van der Waals surface area (Å²) in [6.07, 6.45) is 6.34. The molecule has 3 heterocycles. The Balaban J connectivity index is 1.42. The minimum atomic E-state index is 0.0475.